The Hall–Kier alpha value is -1.94. The van der Waals surface area contributed by atoms with Crippen LogP contribution in [0.2, 0.25) is 0 Å². The maximum atomic E-state index is 12.2. The van der Waals surface area contributed by atoms with E-state index in [2.05, 4.69) is 5.10 Å². The van der Waals surface area contributed by atoms with Crippen molar-refractivity contribution in [1.29, 1.82) is 0 Å². The molecule has 0 saturated carbocycles. The molecule has 0 aliphatic heterocycles. The van der Waals surface area contributed by atoms with E-state index in [4.69, 9.17) is 5.73 Å². The number of aromatic nitrogens is 2. The molecule has 0 amide bonds. The Balaban J connectivity index is 2.30. The molecule has 1 aromatic heterocycles. The van der Waals surface area contributed by atoms with Crippen molar-refractivity contribution >= 4 is 5.78 Å². The molecule has 0 bridgehead atoms. The van der Waals surface area contributed by atoms with Gasteiger partial charge in [-0.15, -0.1) is 0 Å². The summed E-state index contributed by atoms with van der Waals surface area (Å²) in [7, 11) is 1.80. The van der Waals surface area contributed by atoms with Gasteiger partial charge in [-0.3, -0.25) is 9.48 Å². The molecule has 2 rings (SSSR count). The summed E-state index contributed by atoms with van der Waals surface area (Å²) in [6, 6.07) is 6.81. The summed E-state index contributed by atoms with van der Waals surface area (Å²) < 4.78 is 1.64. The predicted molar refractivity (Wildman–Crippen MR) is 65.6 cm³/mol. The Morgan fingerprint density at radius 3 is 2.71 bits per heavy atom. The minimum absolute atomic E-state index is 0.0731. The number of benzene rings is 1. The molecule has 0 spiro atoms. The fourth-order valence-electron chi connectivity index (χ4n) is 1.77. The molecule has 0 aliphatic carbocycles. The average Bonchev–Trinajstić information content (AvgIpc) is 2.75. The second-order valence-electron chi connectivity index (χ2n) is 4.10. The van der Waals surface area contributed by atoms with E-state index in [1.807, 2.05) is 25.1 Å². The summed E-state index contributed by atoms with van der Waals surface area (Å²) >= 11 is 0. The number of hydrogen-bond donors (Lipinski definition) is 1. The zero-order valence-corrected chi connectivity index (χ0v) is 9.92. The van der Waals surface area contributed by atoms with Crippen molar-refractivity contribution in [3.8, 4) is 0 Å². The van der Waals surface area contributed by atoms with Gasteiger partial charge >= 0.3 is 0 Å². The lowest BCUT2D eigenvalue weighted by atomic mass is 9.97. The van der Waals surface area contributed by atoms with Crippen molar-refractivity contribution in [2.75, 3.05) is 0 Å². The van der Waals surface area contributed by atoms with Crippen LogP contribution in [-0.4, -0.2) is 15.6 Å². The lowest BCUT2D eigenvalue weighted by Gasteiger charge is -2.10. The maximum absolute atomic E-state index is 12.2. The number of aryl methyl sites for hydroxylation is 2. The van der Waals surface area contributed by atoms with Crippen molar-refractivity contribution in [3.05, 3.63) is 53.3 Å². The topological polar surface area (TPSA) is 60.9 Å². The normalized spacial score (nSPS) is 12.4. The Kier molecular flexibility index (Phi) is 3.06. The Morgan fingerprint density at radius 1 is 1.41 bits per heavy atom. The Bertz CT molecular complexity index is 545. The molecule has 17 heavy (non-hydrogen) atoms. The van der Waals surface area contributed by atoms with Gasteiger partial charge in [-0.2, -0.15) is 5.10 Å². The van der Waals surface area contributed by atoms with Crippen LogP contribution < -0.4 is 5.73 Å². The monoisotopic (exact) mass is 229 g/mol. The van der Waals surface area contributed by atoms with Crippen molar-refractivity contribution in [3.63, 3.8) is 0 Å². The van der Waals surface area contributed by atoms with Crippen LogP contribution in [0.25, 0.3) is 0 Å². The molecular weight excluding hydrogens is 214 g/mol. The first kappa shape index (κ1) is 11.5. The fraction of sp³-hybridized carbons (Fsp3) is 0.231. The van der Waals surface area contributed by atoms with E-state index in [1.165, 1.54) is 0 Å². The lowest BCUT2D eigenvalue weighted by Crippen LogP contribution is -2.21. The van der Waals surface area contributed by atoms with Gasteiger partial charge in [-0.25, -0.2) is 0 Å². The highest BCUT2D eigenvalue weighted by Gasteiger charge is 2.20. The first-order chi connectivity index (χ1) is 8.09. The maximum Gasteiger partial charge on any atom is 0.184 e. The smallest absolute Gasteiger partial charge is 0.184 e. The summed E-state index contributed by atoms with van der Waals surface area (Å²) in [5, 5.41) is 4.02. The van der Waals surface area contributed by atoms with Crippen LogP contribution in [0.4, 0.5) is 0 Å². The van der Waals surface area contributed by atoms with Gasteiger partial charge in [0.15, 0.2) is 5.78 Å². The van der Waals surface area contributed by atoms with Gasteiger partial charge in [-0.05, 0) is 12.5 Å². The van der Waals surface area contributed by atoms with E-state index < -0.39 is 6.04 Å². The summed E-state index contributed by atoms with van der Waals surface area (Å²) in [5.41, 5.74) is 8.30. The minimum Gasteiger partial charge on any atom is -0.317 e. The number of hydrogen-bond acceptors (Lipinski definition) is 3. The standard InChI is InChI=1S/C13H15N3O/c1-9-5-3-4-6-11(9)13(17)12(14)10-7-15-16(2)8-10/h3-8,12H,14H2,1-2H3. The van der Waals surface area contributed by atoms with E-state index in [0.717, 1.165) is 11.1 Å². The number of ketones is 1. The molecule has 1 aromatic carbocycles. The first-order valence-electron chi connectivity index (χ1n) is 5.43. The molecular formula is C13H15N3O. The largest absolute Gasteiger partial charge is 0.317 e. The van der Waals surface area contributed by atoms with E-state index in [0.29, 0.717) is 5.56 Å². The number of nitrogens with two attached hydrogens (primary N) is 1. The van der Waals surface area contributed by atoms with Crippen LogP contribution >= 0.6 is 0 Å². The highest BCUT2D eigenvalue weighted by molar-refractivity contribution is 6.01. The van der Waals surface area contributed by atoms with E-state index >= 15 is 0 Å². The summed E-state index contributed by atoms with van der Waals surface area (Å²) in [6.45, 7) is 1.91. The fourth-order valence-corrected chi connectivity index (χ4v) is 1.77. The van der Waals surface area contributed by atoms with Gasteiger partial charge < -0.3 is 5.73 Å². The number of carbonyl (C=O) groups excluding carboxylic acids is 1. The second kappa shape index (κ2) is 4.51. The number of carbonyl (C=O) groups is 1. The van der Waals surface area contributed by atoms with E-state index in [9.17, 15) is 4.79 Å². The van der Waals surface area contributed by atoms with E-state index in [1.54, 1.807) is 30.2 Å². The molecule has 1 heterocycles. The zero-order chi connectivity index (χ0) is 12.4. The van der Waals surface area contributed by atoms with Crippen molar-refractivity contribution in [1.82, 2.24) is 9.78 Å². The molecule has 0 saturated heterocycles. The van der Waals surface area contributed by atoms with Gasteiger partial charge in [-0.1, -0.05) is 24.3 Å². The zero-order valence-electron chi connectivity index (χ0n) is 9.92. The van der Waals surface area contributed by atoms with Gasteiger partial charge in [0.25, 0.3) is 0 Å². The number of nitrogens with zero attached hydrogens (tertiary/aromatic N) is 2. The quantitative estimate of drug-likeness (QED) is 0.813. The molecule has 1 atom stereocenters. The average molecular weight is 229 g/mol. The third-order valence-electron chi connectivity index (χ3n) is 2.78. The molecule has 2 aromatic rings. The highest BCUT2D eigenvalue weighted by Crippen LogP contribution is 2.17. The Labute approximate surface area is 100 Å². The number of Topliss-reactive ketones (excluding diaryl/α,β-unsaturated/α-hetero) is 1. The summed E-state index contributed by atoms with van der Waals surface area (Å²) in [4.78, 5) is 12.2. The first-order valence-corrected chi connectivity index (χ1v) is 5.43. The minimum atomic E-state index is -0.648. The lowest BCUT2D eigenvalue weighted by molar-refractivity contribution is 0.0960. The van der Waals surface area contributed by atoms with Crippen molar-refractivity contribution in [2.45, 2.75) is 13.0 Å². The second-order valence-corrected chi connectivity index (χ2v) is 4.10. The molecule has 0 aliphatic rings. The summed E-state index contributed by atoms with van der Waals surface area (Å²) in [6.07, 6.45) is 3.39. The van der Waals surface area contributed by atoms with Crippen molar-refractivity contribution in [2.24, 2.45) is 12.8 Å². The molecule has 0 radical (unpaired) electrons. The van der Waals surface area contributed by atoms with Crippen LogP contribution in [0.15, 0.2) is 36.7 Å². The molecule has 88 valence electrons. The molecule has 0 fully saturated rings. The summed E-state index contributed by atoms with van der Waals surface area (Å²) in [5.74, 6) is -0.0731. The highest BCUT2D eigenvalue weighted by atomic mass is 16.1. The SMILES string of the molecule is Cc1ccccc1C(=O)C(N)c1cnn(C)c1. The molecule has 2 N–H and O–H groups in total. The molecule has 1 unspecified atom stereocenters. The Morgan fingerprint density at radius 2 is 2.12 bits per heavy atom. The van der Waals surface area contributed by atoms with Crippen LogP contribution in [0, 0.1) is 6.92 Å². The number of rotatable bonds is 3. The van der Waals surface area contributed by atoms with Crippen LogP contribution in [0.3, 0.4) is 0 Å². The van der Waals surface area contributed by atoms with Gasteiger partial charge in [0.1, 0.15) is 0 Å². The van der Waals surface area contributed by atoms with Gasteiger partial charge in [0.2, 0.25) is 0 Å². The van der Waals surface area contributed by atoms with Gasteiger partial charge in [0.05, 0.1) is 12.2 Å². The van der Waals surface area contributed by atoms with Crippen LogP contribution in [-0.2, 0) is 7.05 Å². The van der Waals surface area contributed by atoms with E-state index in [-0.39, 0.29) is 5.78 Å². The third kappa shape index (κ3) is 2.26. The molecule has 4 heteroatoms. The van der Waals surface area contributed by atoms with Crippen LogP contribution in [0.5, 0.6) is 0 Å². The predicted octanol–water partition coefficient (Wildman–Crippen LogP) is 1.61. The molecule has 4 nitrogen and oxygen atoms in total. The third-order valence-corrected chi connectivity index (χ3v) is 2.78. The van der Waals surface area contributed by atoms with Gasteiger partial charge in [0, 0.05) is 24.4 Å². The van der Waals surface area contributed by atoms with Crippen LogP contribution in [0.1, 0.15) is 27.5 Å². The van der Waals surface area contributed by atoms with Crippen molar-refractivity contribution < 1.29 is 4.79 Å².